The van der Waals surface area contributed by atoms with Crippen molar-refractivity contribution in [2.24, 2.45) is 11.7 Å². The van der Waals surface area contributed by atoms with Crippen molar-refractivity contribution in [3.63, 3.8) is 0 Å². The van der Waals surface area contributed by atoms with Crippen LogP contribution in [-0.4, -0.2) is 33.6 Å². The van der Waals surface area contributed by atoms with Crippen molar-refractivity contribution < 1.29 is 23.7 Å². The summed E-state index contributed by atoms with van der Waals surface area (Å²) in [5, 5.41) is 14.5. The number of nitro benzene ring substituents is 1. The van der Waals surface area contributed by atoms with Gasteiger partial charge in [-0.15, -0.1) is 0 Å². The molecule has 0 aliphatic carbocycles. The molecule has 10 heteroatoms. The van der Waals surface area contributed by atoms with Gasteiger partial charge in [0.25, 0.3) is 5.69 Å². The summed E-state index contributed by atoms with van der Waals surface area (Å²) in [6.45, 7) is 1.83. The van der Waals surface area contributed by atoms with E-state index in [1.807, 2.05) is 13.0 Å². The fourth-order valence-corrected chi connectivity index (χ4v) is 5.75. The molecule has 4 aromatic rings. The molecule has 0 bridgehead atoms. The molecule has 0 saturated carbocycles. The lowest BCUT2D eigenvalue weighted by Crippen LogP contribution is -2.48. The number of hydrogen-bond donors (Lipinski definition) is 2. The highest BCUT2D eigenvalue weighted by molar-refractivity contribution is 6.03. The van der Waals surface area contributed by atoms with Crippen LogP contribution in [0.15, 0.2) is 103 Å². The van der Waals surface area contributed by atoms with E-state index < -0.39 is 52.4 Å². The first-order valence-corrected chi connectivity index (χ1v) is 13.2. The van der Waals surface area contributed by atoms with E-state index in [1.54, 1.807) is 54.6 Å². The van der Waals surface area contributed by atoms with Gasteiger partial charge in [0, 0.05) is 29.3 Å². The van der Waals surface area contributed by atoms with Crippen LogP contribution in [0.5, 0.6) is 0 Å². The van der Waals surface area contributed by atoms with E-state index in [0.717, 1.165) is 5.56 Å². The zero-order chi connectivity index (χ0) is 30.0. The van der Waals surface area contributed by atoms with E-state index >= 15 is 0 Å². The van der Waals surface area contributed by atoms with Gasteiger partial charge < -0.3 is 16.0 Å². The van der Waals surface area contributed by atoms with Gasteiger partial charge in [-0.2, -0.15) is 0 Å². The molecule has 0 radical (unpaired) electrons. The number of non-ortho nitro benzene ring substituents is 1. The first kappa shape index (κ1) is 28.2. The van der Waals surface area contributed by atoms with Crippen LogP contribution in [0.4, 0.5) is 20.6 Å². The average molecular weight is 567 g/mol. The van der Waals surface area contributed by atoms with Crippen molar-refractivity contribution in [2.45, 2.75) is 24.9 Å². The fourth-order valence-electron chi connectivity index (χ4n) is 5.75. The molecule has 0 spiro atoms. The Morgan fingerprint density at radius 1 is 0.881 bits per heavy atom. The second-order valence-corrected chi connectivity index (χ2v) is 10.2. The van der Waals surface area contributed by atoms with Crippen molar-refractivity contribution in [3.05, 3.63) is 141 Å². The Balaban J connectivity index is 1.76. The number of benzene rings is 4. The number of Topliss-reactive ketones (excluding diaryl/α,β-unsaturated/α-hetero) is 1. The van der Waals surface area contributed by atoms with Crippen LogP contribution in [0, 0.1) is 28.8 Å². The predicted octanol–water partition coefficient (Wildman–Crippen LogP) is 5.77. The first-order chi connectivity index (χ1) is 20.2. The molecule has 5 rings (SSSR count). The molecular weight excluding hydrogens is 539 g/mol. The highest BCUT2D eigenvalue weighted by Crippen LogP contribution is 2.51. The summed E-state index contributed by atoms with van der Waals surface area (Å²) in [5.41, 5.74) is 7.97. The maximum atomic E-state index is 14.4. The molecule has 0 aromatic heterocycles. The number of primary amides is 1. The standard InChI is InChI=1S/C32H27FN4O5/c1-19-7-5-9-22(17-19)30(38)27-26(20-13-15-23(33)16-14-20)29(31(34)39)36(32(40)35-24-10-3-2-4-11-24)28(27)21-8-6-12-25(18-21)37(41)42/h2-18,26-29H,1H3,(H2,34,39)(H,35,40). The number of nitrogens with two attached hydrogens (primary N) is 1. The van der Waals surface area contributed by atoms with Gasteiger partial charge in [-0.3, -0.25) is 19.7 Å². The second kappa shape index (κ2) is 11.6. The Morgan fingerprint density at radius 2 is 1.57 bits per heavy atom. The Labute approximate surface area is 240 Å². The molecule has 3 amide bonds. The summed E-state index contributed by atoms with van der Waals surface area (Å²) in [4.78, 5) is 54.0. The molecule has 1 aliphatic heterocycles. The predicted molar refractivity (Wildman–Crippen MR) is 154 cm³/mol. The van der Waals surface area contributed by atoms with Gasteiger partial charge in [0.2, 0.25) is 5.91 Å². The van der Waals surface area contributed by atoms with Gasteiger partial charge in [0.05, 0.1) is 16.9 Å². The molecule has 42 heavy (non-hydrogen) atoms. The average Bonchev–Trinajstić information content (AvgIpc) is 3.34. The third-order valence-corrected chi connectivity index (χ3v) is 7.50. The number of nitrogens with zero attached hydrogens (tertiary/aromatic N) is 2. The molecule has 4 atom stereocenters. The van der Waals surface area contributed by atoms with Crippen LogP contribution in [-0.2, 0) is 4.79 Å². The van der Waals surface area contributed by atoms with Gasteiger partial charge in [-0.25, -0.2) is 9.18 Å². The molecule has 3 N–H and O–H groups in total. The molecular formula is C32H27FN4O5. The molecule has 4 aromatic carbocycles. The number of nitro groups is 1. The maximum absolute atomic E-state index is 14.4. The Hall–Kier alpha value is -5.38. The topological polar surface area (TPSA) is 136 Å². The van der Waals surface area contributed by atoms with E-state index in [-0.39, 0.29) is 11.3 Å². The van der Waals surface area contributed by atoms with Gasteiger partial charge in [-0.1, -0.05) is 66.2 Å². The van der Waals surface area contributed by atoms with E-state index in [0.29, 0.717) is 16.8 Å². The van der Waals surface area contributed by atoms with Crippen molar-refractivity contribution >= 4 is 29.1 Å². The monoisotopic (exact) mass is 566 g/mol. The van der Waals surface area contributed by atoms with Crippen LogP contribution in [0.3, 0.4) is 0 Å². The zero-order valence-corrected chi connectivity index (χ0v) is 22.5. The zero-order valence-electron chi connectivity index (χ0n) is 22.5. The lowest BCUT2D eigenvalue weighted by molar-refractivity contribution is -0.385. The molecule has 1 saturated heterocycles. The number of amides is 3. The summed E-state index contributed by atoms with van der Waals surface area (Å²) >= 11 is 0. The van der Waals surface area contributed by atoms with Crippen LogP contribution in [0.25, 0.3) is 0 Å². The summed E-state index contributed by atoms with van der Waals surface area (Å²) in [6, 6.07) is 23.1. The molecule has 4 unspecified atom stereocenters. The smallest absolute Gasteiger partial charge is 0.323 e. The number of rotatable bonds is 7. The van der Waals surface area contributed by atoms with Crippen LogP contribution in [0.2, 0.25) is 0 Å². The number of para-hydroxylation sites is 1. The maximum Gasteiger partial charge on any atom is 0.323 e. The first-order valence-electron chi connectivity index (χ1n) is 13.2. The number of carbonyl (C=O) groups is 3. The van der Waals surface area contributed by atoms with Crippen molar-refractivity contribution in [1.29, 1.82) is 0 Å². The summed E-state index contributed by atoms with van der Waals surface area (Å²) in [5.74, 6) is -3.92. The fraction of sp³-hybridized carbons (Fsp3) is 0.156. The van der Waals surface area contributed by atoms with Crippen LogP contribution >= 0.6 is 0 Å². The molecule has 1 fully saturated rings. The molecule has 212 valence electrons. The third kappa shape index (κ3) is 5.46. The number of halogens is 1. The summed E-state index contributed by atoms with van der Waals surface area (Å²) in [6.07, 6.45) is 0. The van der Waals surface area contributed by atoms with Gasteiger partial charge in [0.15, 0.2) is 5.78 Å². The lowest BCUT2D eigenvalue weighted by Gasteiger charge is -2.30. The van der Waals surface area contributed by atoms with Crippen LogP contribution in [0.1, 0.15) is 39.0 Å². The minimum Gasteiger partial charge on any atom is -0.368 e. The number of carbonyl (C=O) groups excluding carboxylic acids is 3. The highest BCUT2D eigenvalue weighted by Gasteiger charge is 2.57. The minimum atomic E-state index is -1.36. The summed E-state index contributed by atoms with van der Waals surface area (Å²) < 4.78 is 14.0. The van der Waals surface area contributed by atoms with Gasteiger partial charge >= 0.3 is 6.03 Å². The minimum absolute atomic E-state index is 0.251. The molecule has 1 heterocycles. The highest BCUT2D eigenvalue weighted by atomic mass is 19.1. The number of anilines is 1. The number of ketones is 1. The number of aryl methyl sites for hydroxylation is 1. The van der Waals surface area contributed by atoms with Crippen molar-refractivity contribution in [1.82, 2.24) is 4.90 Å². The number of likely N-dealkylation sites (tertiary alicyclic amines) is 1. The Kier molecular flexibility index (Phi) is 7.79. The van der Waals surface area contributed by atoms with Crippen LogP contribution < -0.4 is 11.1 Å². The van der Waals surface area contributed by atoms with E-state index in [2.05, 4.69) is 5.32 Å². The molecule has 1 aliphatic rings. The van der Waals surface area contributed by atoms with Gasteiger partial charge in [0.1, 0.15) is 11.9 Å². The van der Waals surface area contributed by atoms with Crippen molar-refractivity contribution in [2.75, 3.05) is 5.32 Å². The number of hydrogen-bond acceptors (Lipinski definition) is 5. The van der Waals surface area contributed by atoms with E-state index in [1.165, 1.54) is 47.4 Å². The van der Waals surface area contributed by atoms with E-state index in [9.17, 15) is 28.9 Å². The summed E-state index contributed by atoms with van der Waals surface area (Å²) in [7, 11) is 0. The Morgan fingerprint density at radius 3 is 2.21 bits per heavy atom. The Bertz CT molecular complexity index is 1660. The number of nitrogens with one attached hydrogen (secondary N) is 1. The lowest BCUT2D eigenvalue weighted by atomic mass is 9.76. The second-order valence-electron chi connectivity index (χ2n) is 10.2. The van der Waals surface area contributed by atoms with Crippen molar-refractivity contribution in [3.8, 4) is 0 Å². The van der Waals surface area contributed by atoms with E-state index in [4.69, 9.17) is 5.73 Å². The van der Waals surface area contributed by atoms with Gasteiger partial charge in [-0.05, 0) is 48.4 Å². The third-order valence-electron chi connectivity index (χ3n) is 7.50. The largest absolute Gasteiger partial charge is 0.368 e. The molecule has 9 nitrogen and oxygen atoms in total. The quantitative estimate of drug-likeness (QED) is 0.166. The normalized spacial score (nSPS) is 19.7. The number of urea groups is 1. The SMILES string of the molecule is Cc1cccc(C(=O)C2C(c3ccc(F)cc3)C(C(N)=O)N(C(=O)Nc3ccccc3)C2c2cccc([N+](=O)[O-])c2)c1.